The van der Waals surface area contributed by atoms with E-state index in [4.69, 9.17) is 10.4 Å². The molecule has 1 aromatic rings. The van der Waals surface area contributed by atoms with Gasteiger partial charge in [-0.15, -0.1) is 0 Å². The minimum atomic E-state index is -0.952. The van der Waals surface area contributed by atoms with Gasteiger partial charge in [-0.25, -0.2) is 9.78 Å². The number of aryl methyl sites for hydroxylation is 1. The smallest absolute Gasteiger partial charge is 0.326 e. The molecule has 1 heterocycles. The molecule has 0 aliphatic rings. The number of carboxylic acids is 1. The number of nitrogens with zero attached hydrogens (tertiary/aromatic N) is 2. The maximum Gasteiger partial charge on any atom is 0.326 e. The Hall–Kier alpha value is -2.09. The van der Waals surface area contributed by atoms with Crippen LogP contribution in [0, 0.1) is 24.2 Å². The Labute approximate surface area is 100 Å². The summed E-state index contributed by atoms with van der Waals surface area (Å²) in [6.45, 7) is 5.39. The van der Waals surface area contributed by atoms with E-state index in [-0.39, 0.29) is 5.92 Å². The van der Waals surface area contributed by atoms with Gasteiger partial charge in [0.25, 0.3) is 0 Å². The molecule has 0 spiro atoms. The number of carboxylic acid groups (broad SMARTS) is 1. The Balaban J connectivity index is 3.06. The van der Waals surface area contributed by atoms with E-state index in [1.807, 2.05) is 6.07 Å². The maximum atomic E-state index is 11.1. The van der Waals surface area contributed by atoms with E-state index in [0.29, 0.717) is 11.4 Å². The van der Waals surface area contributed by atoms with Gasteiger partial charge in [0.05, 0.1) is 5.56 Å². The number of pyridine rings is 1. The summed E-state index contributed by atoms with van der Waals surface area (Å²) < 4.78 is 0. The van der Waals surface area contributed by atoms with Crippen molar-refractivity contribution in [3.05, 3.63) is 23.4 Å². The van der Waals surface area contributed by atoms with E-state index in [1.165, 1.54) is 0 Å². The molecule has 0 saturated carbocycles. The number of aromatic nitrogens is 1. The van der Waals surface area contributed by atoms with E-state index in [1.54, 1.807) is 33.0 Å². The van der Waals surface area contributed by atoms with Gasteiger partial charge in [0.15, 0.2) is 0 Å². The molecule has 5 nitrogen and oxygen atoms in total. The molecule has 0 radical (unpaired) electrons. The molecular weight excluding hydrogens is 218 g/mol. The molecule has 0 aromatic carbocycles. The first-order valence-corrected chi connectivity index (χ1v) is 5.32. The molecule has 0 saturated heterocycles. The Morgan fingerprint density at radius 1 is 1.59 bits per heavy atom. The number of anilines is 1. The molecule has 90 valence electrons. The topological polar surface area (TPSA) is 86.0 Å². The fourth-order valence-electron chi connectivity index (χ4n) is 1.47. The number of hydrogen-bond donors (Lipinski definition) is 2. The van der Waals surface area contributed by atoms with Crippen molar-refractivity contribution in [2.24, 2.45) is 5.92 Å². The fourth-order valence-corrected chi connectivity index (χ4v) is 1.47. The van der Waals surface area contributed by atoms with Crippen molar-refractivity contribution in [2.45, 2.75) is 26.8 Å². The minimum Gasteiger partial charge on any atom is -0.480 e. The van der Waals surface area contributed by atoms with Crippen molar-refractivity contribution in [3.8, 4) is 6.07 Å². The summed E-state index contributed by atoms with van der Waals surface area (Å²) in [5, 5.41) is 20.9. The zero-order valence-electron chi connectivity index (χ0n) is 10.1. The molecule has 0 aliphatic heterocycles. The van der Waals surface area contributed by atoms with Crippen LogP contribution in [0.2, 0.25) is 0 Å². The molecule has 5 heteroatoms. The summed E-state index contributed by atoms with van der Waals surface area (Å²) in [6, 6.07) is 2.99. The van der Waals surface area contributed by atoms with Gasteiger partial charge in [-0.3, -0.25) is 0 Å². The van der Waals surface area contributed by atoms with E-state index < -0.39 is 12.0 Å². The van der Waals surface area contributed by atoms with Crippen LogP contribution in [0.3, 0.4) is 0 Å². The van der Waals surface area contributed by atoms with Gasteiger partial charge in [0.1, 0.15) is 17.9 Å². The van der Waals surface area contributed by atoms with Gasteiger partial charge in [0, 0.05) is 6.20 Å². The van der Waals surface area contributed by atoms with Crippen LogP contribution in [-0.2, 0) is 4.79 Å². The number of hydrogen-bond acceptors (Lipinski definition) is 4. The molecule has 1 aromatic heterocycles. The van der Waals surface area contributed by atoms with Crippen LogP contribution in [0.4, 0.5) is 5.82 Å². The van der Waals surface area contributed by atoms with E-state index in [9.17, 15) is 4.79 Å². The first-order chi connectivity index (χ1) is 7.97. The summed E-state index contributed by atoms with van der Waals surface area (Å²) in [4.78, 5) is 15.1. The van der Waals surface area contributed by atoms with Crippen molar-refractivity contribution >= 4 is 11.8 Å². The van der Waals surface area contributed by atoms with Gasteiger partial charge >= 0.3 is 5.97 Å². The Morgan fingerprint density at radius 2 is 2.24 bits per heavy atom. The van der Waals surface area contributed by atoms with Crippen molar-refractivity contribution in [1.29, 1.82) is 5.26 Å². The third-order valence-corrected chi connectivity index (χ3v) is 2.50. The molecule has 0 aliphatic carbocycles. The number of nitrogens with one attached hydrogen (secondary N) is 1. The Morgan fingerprint density at radius 3 is 2.71 bits per heavy atom. The number of aliphatic carboxylic acids is 1. The normalized spacial score (nSPS) is 11.9. The van der Waals surface area contributed by atoms with Gasteiger partial charge in [-0.05, 0) is 24.5 Å². The highest BCUT2D eigenvalue weighted by Crippen LogP contribution is 2.18. The van der Waals surface area contributed by atoms with E-state index in [0.717, 1.165) is 5.56 Å². The molecule has 1 rings (SSSR count). The summed E-state index contributed by atoms with van der Waals surface area (Å²) in [5.74, 6) is -0.720. The first-order valence-electron chi connectivity index (χ1n) is 5.32. The van der Waals surface area contributed by atoms with Crippen LogP contribution in [0.1, 0.15) is 25.0 Å². The SMILES string of the molecule is Cc1ccnc(N[C@@H](C(=O)O)C(C)C)c1C#N. The third kappa shape index (κ3) is 2.94. The molecule has 0 unspecified atom stereocenters. The average Bonchev–Trinajstić information content (AvgIpc) is 2.25. The largest absolute Gasteiger partial charge is 0.480 e. The standard InChI is InChI=1S/C12H15N3O2/c1-7(2)10(12(16)17)15-11-9(6-13)8(3)4-5-14-11/h4-5,7,10H,1-3H3,(H,14,15)(H,16,17)/t10-/m1/s1. The number of carbonyl (C=O) groups is 1. The highest BCUT2D eigenvalue weighted by molar-refractivity contribution is 5.78. The zero-order valence-corrected chi connectivity index (χ0v) is 10.1. The van der Waals surface area contributed by atoms with Crippen molar-refractivity contribution in [3.63, 3.8) is 0 Å². The van der Waals surface area contributed by atoms with E-state index >= 15 is 0 Å². The Bertz CT molecular complexity index is 463. The average molecular weight is 233 g/mol. The predicted octanol–water partition coefficient (Wildman–Crippen LogP) is 1.78. The summed E-state index contributed by atoms with van der Waals surface area (Å²) >= 11 is 0. The van der Waals surface area contributed by atoms with Gasteiger partial charge in [0.2, 0.25) is 0 Å². The summed E-state index contributed by atoms with van der Waals surface area (Å²) in [5.41, 5.74) is 1.16. The lowest BCUT2D eigenvalue weighted by Gasteiger charge is -2.19. The third-order valence-electron chi connectivity index (χ3n) is 2.50. The lowest BCUT2D eigenvalue weighted by molar-refractivity contribution is -0.138. The number of nitriles is 1. The van der Waals surface area contributed by atoms with Gasteiger partial charge < -0.3 is 10.4 Å². The zero-order chi connectivity index (χ0) is 13.0. The van der Waals surface area contributed by atoms with Crippen molar-refractivity contribution in [2.75, 3.05) is 5.32 Å². The van der Waals surface area contributed by atoms with Crippen LogP contribution in [-0.4, -0.2) is 22.1 Å². The molecule has 2 N–H and O–H groups in total. The minimum absolute atomic E-state index is 0.0960. The summed E-state index contributed by atoms with van der Waals surface area (Å²) in [6.07, 6.45) is 1.55. The molecule has 1 atom stereocenters. The number of rotatable bonds is 4. The van der Waals surface area contributed by atoms with Gasteiger partial charge in [-0.2, -0.15) is 5.26 Å². The van der Waals surface area contributed by atoms with Crippen LogP contribution in [0.25, 0.3) is 0 Å². The first kappa shape index (κ1) is 13.0. The monoisotopic (exact) mass is 233 g/mol. The Kier molecular flexibility index (Phi) is 4.05. The second-order valence-corrected chi connectivity index (χ2v) is 4.17. The predicted molar refractivity (Wildman–Crippen MR) is 63.6 cm³/mol. The van der Waals surface area contributed by atoms with Gasteiger partial charge in [-0.1, -0.05) is 13.8 Å². The van der Waals surface area contributed by atoms with E-state index in [2.05, 4.69) is 10.3 Å². The summed E-state index contributed by atoms with van der Waals surface area (Å²) in [7, 11) is 0. The molecular formula is C12H15N3O2. The molecule has 17 heavy (non-hydrogen) atoms. The second kappa shape index (κ2) is 5.30. The van der Waals surface area contributed by atoms with Crippen LogP contribution in [0.15, 0.2) is 12.3 Å². The molecule has 0 fully saturated rings. The highest BCUT2D eigenvalue weighted by Gasteiger charge is 2.22. The van der Waals surface area contributed by atoms with Crippen molar-refractivity contribution < 1.29 is 9.90 Å². The highest BCUT2D eigenvalue weighted by atomic mass is 16.4. The van der Waals surface area contributed by atoms with Crippen molar-refractivity contribution in [1.82, 2.24) is 4.98 Å². The lowest BCUT2D eigenvalue weighted by atomic mass is 10.0. The second-order valence-electron chi connectivity index (χ2n) is 4.17. The van der Waals surface area contributed by atoms with Crippen LogP contribution < -0.4 is 5.32 Å². The quantitative estimate of drug-likeness (QED) is 0.827. The molecule has 0 bridgehead atoms. The maximum absolute atomic E-state index is 11.1. The molecule has 0 amide bonds. The lowest BCUT2D eigenvalue weighted by Crippen LogP contribution is -2.34. The fraction of sp³-hybridized carbons (Fsp3) is 0.417. The van der Waals surface area contributed by atoms with Crippen LogP contribution >= 0.6 is 0 Å². The van der Waals surface area contributed by atoms with Crippen LogP contribution in [0.5, 0.6) is 0 Å².